The van der Waals surface area contributed by atoms with E-state index in [4.69, 9.17) is 0 Å². The van der Waals surface area contributed by atoms with Gasteiger partial charge < -0.3 is 5.32 Å². The van der Waals surface area contributed by atoms with Gasteiger partial charge in [0, 0.05) is 6.04 Å². The van der Waals surface area contributed by atoms with Crippen LogP contribution in [0.25, 0.3) is 0 Å². The van der Waals surface area contributed by atoms with Crippen molar-refractivity contribution in [1.82, 2.24) is 5.32 Å². The van der Waals surface area contributed by atoms with Gasteiger partial charge in [0.05, 0.1) is 6.04 Å². The number of halogens is 2. The molecule has 0 aromatic carbocycles. The summed E-state index contributed by atoms with van der Waals surface area (Å²) in [6.45, 7) is 1.52. The molecule has 0 bridgehead atoms. The molecule has 1 unspecified atom stereocenters. The Morgan fingerprint density at radius 3 is 2.33 bits per heavy atom. The Morgan fingerprint density at radius 1 is 1.44 bits per heavy atom. The maximum absolute atomic E-state index is 11.8. The van der Waals surface area contributed by atoms with Crippen molar-refractivity contribution in [2.24, 2.45) is 0 Å². The molecule has 1 saturated carbocycles. The fraction of sp³-hybridized carbons (Fsp3) is 1.00. The molecule has 0 radical (unpaired) electrons. The normalized spacial score (nSPS) is 22.7. The molecule has 1 aliphatic rings. The molecule has 0 amide bonds. The quantitative estimate of drug-likeness (QED) is 0.616. The van der Waals surface area contributed by atoms with Gasteiger partial charge in [0.1, 0.15) is 0 Å². The van der Waals surface area contributed by atoms with Crippen molar-refractivity contribution in [3.05, 3.63) is 0 Å². The molecule has 9 heavy (non-hydrogen) atoms. The van der Waals surface area contributed by atoms with Gasteiger partial charge in [-0.05, 0) is 19.8 Å². The topological polar surface area (TPSA) is 12.0 Å². The second kappa shape index (κ2) is 2.60. The lowest BCUT2D eigenvalue weighted by molar-refractivity contribution is 0.105. The summed E-state index contributed by atoms with van der Waals surface area (Å²) in [4.78, 5) is 0. The molecule has 54 valence electrons. The first kappa shape index (κ1) is 6.93. The van der Waals surface area contributed by atoms with E-state index in [1.54, 1.807) is 0 Å². The van der Waals surface area contributed by atoms with E-state index in [-0.39, 0.29) is 0 Å². The van der Waals surface area contributed by atoms with Crippen LogP contribution in [0.3, 0.4) is 0 Å². The van der Waals surface area contributed by atoms with E-state index in [0.717, 1.165) is 12.8 Å². The van der Waals surface area contributed by atoms with Crippen molar-refractivity contribution in [2.45, 2.75) is 38.3 Å². The van der Waals surface area contributed by atoms with Crippen LogP contribution in [0.1, 0.15) is 19.8 Å². The Kier molecular flexibility index (Phi) is 2.01. The molecule has 1 fully saturated rings. The van der Waals surface area contributed by atoms with Crippen LogP contribution in [-0.2, 0) is 0 Å². The maximum atomic E-state index is 11.8. The van der Waals surface area contributed by atoms with E-state index < -0.39 is 12.5 Å². The number of hydrogen-bond acceptors (Lipinski definition) is 1. The molecule has 1 atom stereocenters. The van der Waals surface area contributed by atoms with Crippen LogP contribution in [0.5, 0.6) is 0 Å². The summed E-state index contributed by atoms with van der Waals surface area (Å²) >= 11 is 0. The number of alkyl halides is 2. The third kappa shape index (κ3) is 2.26. The van der Waals surface area contributed by atoms with Crippen LogP contribution in [0.2, 0.25) is 0 Å². The zero-order chi connectivity index (χ0) is 6.85. The molecule has 1 N–H and O–H groups in total. The summed E-state index contributed by atoms with van der Waals surface area (Å²) in [5.74, 6) is 0. The van der Waals surface area contributed by atoms with Crippen molar-refractivity contribution in [2.75, 3.05) is 0 Å². The van der Waals surface area contributed by atoms with Crippen molar-refractivity contribution >= 4 is 0 Å². The van der Waals surface area contributed by atoms with Gasteiger partial charge >= 0.3 is 0 Å². The lowest BCUT2D eigenvalue weighted by Gasteiger charge is -2.10. The predicted molar refractivity (Wildman–Crippen MR) is 31.6 cm³/mol. The Labute approximate surface area is 53.4 Å². The minimum atomic E-state index is -2.22. The third-order valence-corrected chi connectivity index (χ3v) is 1.45. The average molecular weight is 135 g/mol. The Bertz CT molecular complexity index is 91.1. The molecule has 3 heteroatoms. The summed E-state index contributed by atoms with van der Waals surface area (Å²) in [7, 11) is 0. The van der Waals surface area contributed by atoms with Crippen molar-refractivity contribution in [3.63, 3.8) is 0 Å². The zero-order valence-electron chi connectivity index (χ0n) is 5.40. The minimum Gasteiger partial charge on any atom is -0.306 e. The number of rotatable bonds is 3. The van der Waals surface area contributed by atoms with Crippen LogP contribution >= 0.6 is 0 Å². The maximum Gasteiger partial charge on any atom is 0.253 e. The summed E-state index contributed by atoms with van der Waals surface area (Å²) in [5.41, 5.74) is 0. The molecule has 0 saturated heterocycles. The molecule has 1 rings (SSSR count). The summed E-state index contributed by atoms with van der Waals surface area (Å²) in [6, 6.07) is -0.244. The lowest BCUT2D eigenvalue weighted by Crippen LogP contribution is -2.34. The molecule has 0 aromatic heterocycles. The monoisotopic (exact) mass is 135 g/mol. The highest BCUT2D eigenvalue weighted by atomic mass is 19.3. The van der Waals surface area contributed by atoms with Gasteiger partial charge in [-0.2, -0.15) is 0 Å². The van der Waals surface area contributed by atoms with Crippen LogP contribution in [-0.4, -0.2) is 18.5 Å². The van der Waals surface area contributed by atoms with Crippen LogP contribution in [0.4, 0.5) is 8.78 Å². The van der Waals surface area contributed by atoms with Gasteiger partial charge in [0.15, 0.2) is 0 Å². The molecular weight excluding hydrogens is 124 g/mol. The standard InChI is InChI=1S/C6H11F2N/c1-4(6(7)8)9-5-2-3-5/h4-6,9H,2-3H2,1H3. The molecule has 1 aliphatic carbocycles. The van der Waals surface area contributed by atoms with Crippen LogP contribution < -0.4 is 5.32 Å². The molecule has 0 aromatic rings. The zero-order valence-corrected chi connectivity index (χ0v) is 5.40. The first-order chi connectivity index (χ1) is 4.20. The first-order valence-corrected chi connectivity index (χ1v) is 3.24. The van der Waals surface area contributed by atoms with E-state index in [9.17, 15) is 8.78 Å². The van der Waals surface area contributed by atoms with Crippen molar-refractivity contribution in [3.8, 4) is 0 Å². The van der Waals surface area contributed by atoms with Gasteiger partial charge in [-0.3, -0.25) is 0 Å². The second-order valence-corrected chi connectivity index (χ2v) is 2.56. The van der Waals surface area contributed by atoms with Gasteiger partial charge in [-0.25, -0.2) is 8.78 Å². The average Bonchev–Trinajstić information content (AvgIpc) is 2.50. The largest absolute Gasteiger partial charge is 0.306 e. The van der Waals surface area contributed by atoms with Crippen molar-refractivity contribution in [1.29, 1.82) is 0 Å². The van der Waals surface area contributed by atoms with E-state index in [2.05, 4.69) is 5.32 Å². The molecule has 0 heterocycles. The number of hydrogen-bond donors (Lipinski definition) is 1. The molecule has 1 nitrogen and oxygen atoms in total. The Hall–Kier alpha value is -0.180. The molecule has 0 spiro atoms. The molecule has 0 aliphatic heterocycles. The lowest BCUT2D eigenvalue weighted by atomic mass is 10.3. The summed E-state index contributed by atoms with van der Waals surface area (Å²) < 4.78 is 23.5. The third-order valence-electron chi connectivity index (χ3n) is 1.45. The highest BCUT2D eigenvalue weighted by Gasteiger charge is 2.25. The van der Waals surface area contributed by atoms with E-state index in [1.165, 1.54) is 6.92 Å². The second-order valence-electron chi connectivity index (χ2n) is 2.56. The molecular formula is C6H11F2N. The van der Waals surface area contributed by atoms with E-state index in [1.807, 2.05) is 0 Å². The summed E-state index contributed by atoms with van der Waals surface area (Å²) in [6.07, 6.45) is -0.0840. The fourth-order valence-electron chi connectivity index (χ4n) is 0.695. The van der Waals surface area contributed by atoms with Gasteiger partial charge in [-0.1, -0.05) is 0 Å². The van der Waals surface area contributed by atoms with Gasteiger partial charge in [0.25, 0.3) is 6.43 Å². The van der Waals surface area contributed by atoms with Gasteiger partial charge in [-0.15, -0.1) is 0 Å². The Balaban J connectivity index is 2.09. The van der Waals surface area contributed by atoms with Crippen LogP contribution in [0, 0.1) is 0 Å². The predicted octanol–water partition coefficient (Wildman–Crippen LogP) is 1.39. The Morgan fingerprint density at radius 2 is 2.00 bits per heavy atom. The van der Waals surface area contributed by atoms with Gasteiger partial charge in [0.2, 0.25) is 0 Å². The highest BCUT2D eigenvalue weighted by Crippen LogP contribution is 2.20. The smallest absolute Gasteiger partial charge is 0.253 e. The minimum absolute atomic E-state index is 0.383. The van der Waals surface area contributed by atoms with E-state index in [0.29, 0.717) is 6.04 Å². The van der Waals surface area contributed by atoms with Crippen LogP contribution in [0.15, 0.2) is 0 Å². The highest BCUT2D eigenvalue weighted by molar-refractivity contribution is 4.83. The first-order valence-electron chi connectivity index (χ1n) is 3.24. The van der Waals surface area contributed by atoms with E-state index >= 15 is 0 Å². The summed E-state index contributed by atoms with van der Waals surface area (Å²) in [5, 5.41) is 2.80. The SMILES string of the molecule is CC(NC1CC1)C(F)F. The fourth-order valence-corrected chi connectivity index (χ4v) is 0.695. The number of nitrogens with one attached hydrogen (secondary N) is 1. The van der Waals surface area contributed by atoms with Crippen molar-refractivity contribution < 1.29 is 8.78 Å².